The lowest BCUT2D eigenvalue weighted by atomic mass is 10.1. The molecule has 2 aromatic rings. The molecule has 148 valence electrons. The van der Waals surface area contributed by atoms with Gasteiger partial charge in [0.2, 0.25) is 5.91 Å². The molecule has 0 atom stereocenters. The summed E-state index contributed by atoms with van der Waals surface area (Å²) < 4.78 is 28.1. The molecule has 3 rings (SSSR count). The van der Waals surface area contributed by atoms with Gasteiger partial charge in [-0.3, -0.25) is 19.6 Å². The van der Waals surface area contributed by atoms with E-state index in [4.69, 9.17) is 0 Å². The van der Waals surface area contributed by atoms with E-state index < -0.39 is 14.9 Å². The van der Waals surface area contributed by atoms with E-state index >= 15 is 0 Å². The number of carbonyl (C=O) groups excluding carboxylic acids is 1. The summed E-state index contributed by atoms with van der Waals surface area (Å²) in [5, 5.41) is 11.0. The van der Waals surface area contributed by atoms with Crippen LogP contribution in [0.5, 0.6) is 0 Å². The van der Waals surface area contributed by atoms with Crippen LogP contribution >= 0.6 is 0 Å². The first-order valence-corrected chi connectivity index (χ1v) is 10.4. The van der Waals surface area contributed by atoms with Gasteiger partial charge in [0.15, 0.2) is 0 Å². The van der Waals surface area contributed by atoms with E-state index in [-0.39, 0.29) is 16.5 Å². The van der Waals surface area contributed by atoms with Gasteiger partial charge in [-0.15, -0.1) is 0 Å². The van der Waals surface area contributed by atoms with Crippen molar-refractivity contribution >= 4 is 33.0 Å². The summed E-state index contributed by atoms with van der Waals surface area (Å²) in [7, 11) is -4.03. The minimum absolute atomic E-state index is 0.0175. The Labute approximate surface area is 163 Å². The summed E-state index contributed by atoms with van der Waals surface area (Å²) in [5.74, 6) is 0.0175. The molecule has 1 aliphatic rings. The lowest BCUT2D eigenvalue weighted by molar-refractivity contribution is -0.385. The summed E-state index contributed by atoms with van der Waals surface area (Å²) in [6, 6.07) is 8.69. The molecule has 28 heavy (non-hydrogen) atoms. The number of nitrogens with zero attached hydrogens (tertiary/aromatic N) is 2. The van der Waals surface area contributed by atoms with Gasteiger partial charge in [0.1, 0.15) is 0 Å². The molecule has 1 heterocycles. The number of aryl methyl sites for hydroxylation is 2. The van der Waals surface area contributed by atoms with Gasteiger partial charge in [-0.2, -0.15) is 0 Å². The number of non-ortho nitro benzene ring substituents is 1. The number of nitrogens with one attached hydrogen (secondary N) is 1. The Kier molecular flexibility index (Phi) is 5.37. The minimum Gasteiger partial charge on any atom is -0.312 e. The maximum atomic E-state index is 12.8. The van der Waals surface area contributed by atoms with Gasteiger partial charge in [-0.1, -0.05) is 12.1 Å². The van der Waals surface area contributed by atoms with Gasteiger partial charge >= 0.3 is 0 Å². The van der Waals surface area contributed by atoms with Crippen molar-refractivity contribution in [1.29, 1.82) is 0 Å². The largest absolute Gasteiger partial charge is 0.312 e. The number of piperidine rings is 1. The Morgan fingerprint density at radius 3 is 2.46 bits per heavy atom. The fraction of sp³-hybridized carbons (Fsp3) is 0.316. The highest BCUT2D eigenvalue weighted by atomic mass is 32.2. The fourth-order valence-electron chi connectivity index (χ4n) is 3.23. The van der Waals surface area contributed by atoms with Crippen molar-refractivity contribution in [2.75, 3.05) is 16.2 Å². The van der Waals surface area contributed by atoms with Crippen LogP contribution in [0.25, 0.3) is 0 Å². The van der Waals surface area contributed by atoms with E-state index in [0.717, 1.165) is 24.5 Å². The van der Waals surface area contributed by atoms with E-state index in [9.17, 15) is 23.3 Å². The number of hydrogen-bond donors (Lipinski definition) is 1. The van der Waals surface area contributed by atoms with Crippen molar-refractivity contribution in [3.05, 3.63) is 57.6 Å². The van der Waals surface area contributed by atoms with Crippen molar-refractivity contribution in [2.24, 2.45) is 0 Å². The molecule has 1 amide bonds. The van der Waals surface area contributed by atoms with Crippen LogP contribution in [0.4, 0.5) is 17.1 Å². The van der Waals surface area contributed by atoms with Crippen LogP contribution in [-0.2, 0) is 14.8 Å². The highest BCUT2D eigenvalue weighted by molar-refractivity contribution is 7.92. The quantitative estimate of drug-likeness (QED) is 0.607. The van der Waals surface area contributed by atoms with E-state index in [1.54, 1.807) is 30.0 Å². The smallest absolute Gasteiger partial charge is 0.270 e. The Balaban J connectivity index is 1.95. The van der Waals surface area contributed by atoms with Crippen molar-refractivity contribution in [3.8, 4) is 0 Å². The second-order valence-electron chi connectivity index (χ2n) is 6.82. The van der Waals surface area contributed by atoms with Crippen molar-refractivity contribution in [1.82, 2.24) is 0 Å². The second kappa shape index (κ2) is 7.59. The number of carbonyl (C=O) groups is 1. The Morgan fingerprint density at radius 2 is 1.79 bits per heavy atom. The molecule has 2 aromatic carbocycles. The monoisotopic (exact) mass is 403 g/mol. The van der Waals surface area contributed by atoms with Crippen LogP contribution in [0.15, 0.2) is 41.3 Å². The Morgan fingerprint density at radius 1 is 1.07 bits per heavy atom. The molecule has 1 aliphatic heterocycles. The van der Waals surface area contributed by atoms with Gasteiger partial charge in [0.25, 0.3) is 15.7 Å². The van der Waals surface area contributed by atoms with Crippen molar-refractivity contribution in [2.45, 2.75) is 38.0 Å². The van der Waals surface area contributed by atoms with Crippen LogP contribution in [0.1, 0.15) is 30.4 Å². The molecule has 9 heteroatoms. The lowest BCUT2D eigenvalue weighted by Gasteiger charge is -2.28. The third kappa shape index (κ3) is 3.99. The van der Waals surface area contributed by atoms with E-state index in [1.807, 2.05) is 6.92 Å². The molecule has 0 aliphatic carbocycles. The van der Waals surface area contributed by atoms with E-state index in [2.05, 4.69) is 4.72 Å². The third-order valence-corrected chi connectivity index (χ3v) is 6.27. The highest BCUT2D eigenvalue weighted by Gasteiger charge is 2.24. The van der Waals surface area contributed by atoms with Crippen LogP contribution in [0.3, 0.4) is 0 Å². The number of benzene rings is 2. The maximum absolute atomic E-state index is 12.8. The molecular formula is C19H21N3O5S. The standard InChI is InChI=1S/C19H21N3O5S/c1-13-6-8-15(11-17(13)21-10-4-3-5-19(21)23)20-28(26,27)18-12-16(22(24)25)9-7-14(18)2/h6-9,11-12,20H,3-5,10H2,1-2H3. The van der Waals surface area contributed by atoms with Crippen LogP contribution in [0.2, 0.25) is 0 Å². The first-order valence-electron chi connectivity index (χ1n) is 8.88. The zero-order valence-electron chi connectivity index (χ0n) is 15.6. The molecule has 1 fully saturated rings. The highest BCUT2D eigenvalue weighted by Crippen LogP contribution is 2.30. The molecule has 0 saturated carbocycles. The number of amides is 1. The molecule has 0 aromatic heterocycles. The maximum Gasteiger partial charge on any atom is 0.270 e. The summed E-state index contributed by atoms with van der Waals surface area (Å²) >= 11 is 0. The number of anilines is 2. The molecule has 1 N–H and O–H groups in total. The van der Waals surface area contributed by atoms with E-state index in [0.29, 0.717) is 29.9 Å². The second-order valence-corrected chi connectivity index (χ2v) is 8.47. The van der Waals surface area contributed by atoms with Gasteiger partial charge in [-0.05, 0) is 49.9 Å². The number of nitro groups is 1. The SMILES string of the molecule is Cc1ccc(NS(=O)(=O)c2cc([N+](=O)[O-])ccc2C)cc1N1CCCCC1=O. The minimum atomic E-state index is -4.03. The predicted molar refractivity (Wildman–Crippen MR) is 106 cm³/mol. The van der Waals surface area contributed by atoms with Gasteiger partial charge in [0.05, 0.1) is 15.5 Å². The van der Waals surface area contributed by atoms with Gasteiger partial charge in [-0.25, -0.2) is 8.42 Å². The first-order chi connectivity index (χ1) is 13.2. The first kappa shape index (κ1) is 19.8. The number of sulfonamides is 1. The summed E-state index contributed by atoms with van der Waals surface area (Å²) in [6.45, 7) is 4.03. The summed E-state index contributed by atoms with van der Waals surface area (Å²) in [5.41, 5.74) is 1.93. The van der Waals surface area contributed by atoms with Crippen molar-refractivity contribution in [3.63, 3.8) is 0 Å². The molecule has 0 bridgehead atoms. The zero-order chi connectivity index (χ0) is 20.5. The number of nitro benzene ring substituents is 1. The molecule has 0 radical (unpaired) electrons. The lowest BCUT2D eigenvalue weighted by Crippen LogP contribution is -2.35. The third-order valence-electron chi connectivity index (χ3n) is 4.75. The van der Waals surface area contributed by atoms with Gasteiger partial charge < -0.3 is 4.90 Å². The van der Waals surface area contributed by atoms with E-state index in [1.165, 1.54) is 12.1 Å². The molecular weight excluding hydrogens is 382 g/mol. The van der Waals surface area contributed by atoms with Crippen LogP contribution in [-0.4, -0.2) is 25.8 Å². The zero-order valence-corrected chi connectivity index (χ0v) is 16.5. The van der Waals surface area contributed by atoms with Crippen molar-refractivity contribution < 1.29 is 18.1 Å². The average molecular weight is 403 g/mol. The number of rotatable bonds is 5. The fourth-order valence-corrected chi connectivity index (χ4v) is 4.54. The predicted octanol–water partition coefficient (Wildman–Crippen LogP) is 3.53. The summed E-state index contributed by atoms with van der Waals surface area (Å²) in [4.78, 5) is 24.1. The molecule has 0 spiro atoms. The van der Waals surface area contributed by atoms with Gasteiger partial charge in [0, 0.05) is 30.8 Å². The summed E-state index contributed by atoms with van der Waals surface area (Å²) in [6.07, 6.45) is 2.23. The normalized spacial score (nSPS) is 14.8. The number of hydrogen-bond acceptors (Lipinski definition) is 5. The molecule has 0 unspecified atom stereocenters. The Hall–Kier alpha value is -2.94. The molecule has 8 nitrogen and oxygen atoms in total. The van der Waals surface area contributed by atoms with Crippen LogP contribution in [0, 0.1) is 24.0 Å². The Bertz CT molecular complexity index is 1050. The van der Waals surface area contributed by atoms with Crippen LogP contribution < -0.4 is 9.62 Å². The average Bonchev–Trinajstić information content (AvgIpc) is 2.63. The molecule has 1 saturated heterocycles. The topological polar surface area (TPSA) is 110 Å².